The molecule has 0 aliphatic carbocycles. The Kier molecular flexibility index (Phi) is 3.63. The summed E-state index contributed by atoms with van der Waals surface area (Å²) in [5, 5.41) is 22.4. The summed E-state index contributed by atoms with van der Waals surface area (Å²) in [6, 6.07) is 9.18. The number of hydrogen-bond acceptors (Lipinski definition) is 4. The maximum atomic E-state index is 13.0. The molecule has 0 atom stereocenters. The molecular formula is C17H7Br3O4. The highest BCUT2D eigenvalue weighted by Crippen LogP contribution is 2.46. The SMILES string of the molecule is O=c1c2cc(Br)c3ccccc3c2oc2c(Br)c(O)c(Br)c(O)c12. The topological polar surface area (TPSA) is 70.7 Å². The average Bonchev–Trinajstić information content (AvgIpc) is 2.59. The molecule has 1 aromatic heterocycles. The van der Waals surface area contributed by atoms with Crippen molar-refractivity contribution in [3.63, 3.8) is 0 Å². The molecule has 1 heterocycles. The third-order valence-electron chi connectivity index (χ3n) is 3.91. The van der Waals surface area contributed by atoms with Gasteiger partial charge in [0.05, 0.1) is 5.39 Å². The molecule has 3 aromatic carbocycles. The molecule has 0 aliphatic rings. The summed E-state index contributed by atoms with van der Waals surface area (Å²) in [5.74, 6) is -0.588. The van der Waals surface area contributed by atoms with Gasteiger partial charge in [0.1, 0.15) is 25.7 Å². The predicted molar refractivity (Wildman–Crippen MR) is 104 cm³/mol. The molecule has 0 saturated carbocycles. The van der Waals surface area contributed by atoms with E-state index in [4.69, 9.17) is 4.42 Å². The van der Waals surface area contributed by atoms with Gasteiger partial charge in [-0.1, -0.05) is 40.2 Å². The Morgan fingerprint density at radius 2 is 1.50 bits per heavy atom. The van der Waals surface area contributed by atoms with Crippen LogP contribution in [0.3, 0.4) is 0 Å². The predicted octanol–water partition coefficient (Wildman–Crippen LogP) is 5.80. The summed E-state index contributed by atoms with van der Waals surface area (Å²) in [6.45, 7) is 0. The zero-order chi connectivity index (χ0) is 17.2. The van der Waals surface area contributed by atoms with Crippen LogP contribution in [-0.2, 0) is 0 Å². The minimum Gasteiger partial charge on any atom is -0.506 e. The van der Waals surface area contributed by atoms with Crippen molar-refractivity contribution in [2.75, 3.05) is 0 Å². The molecule has 0 unspecified atom stereocenters. The molecule has 0 spiro atoms. The summed E-state index contributed by atoms with van der Waals surface area (Å²) in [6.07, 6.45) is 0. The van der Waals surface area contributed by atoms with Crippen LogP contribution in [0.1, 0.15) is 0 Å². The highest BCUT2D eigenvalue weighted by Gasteiger charge is 2.22. The first-order valence-electron chi connectivity index (χ1n) is 6.78. The van der Waals surface area contributed by atoms with Crippen LogP contribution in [0.5, 0.6) is 11.5 Å². The van der Waals surface area contributed by atoms with Gasteiger partial charge in [-0.25, -0.2) is 0 Å². The number of aromatic hydroxyl groups is 2. The summed E-state index contributed by atoms with van der Waals surface area (Å²) in [5.41, 5.74) is 0.114. The van der Waals surface area contributed by atoms with Crippen LogP contribution in [0.25, 0.3) is 32.7 Å². The van der Waals surface area contributed by atoms with Crippen molar-refractivity contribution in [1.29, 1.82) is 0 Å². The van der Waals surface area contributed by atoms with Gasteiger partial charge in [-0.2, -0.15) is 0 Å². The van der Waals surface area contributed by atoms with E-state index in [1.807, 2.05) is 24.3 Å². The molecule has 0 bridgehead atoms. The molecule has 24 heavy (non-hydrogen) atoms. The Bertz CT molecular complexity index is 1230. The third-order valence-corrected chi connectivity index (χ3v) is 6.05. The Balaban J connectivity index is 2.39. The second kappa shape index (κ2) is 5.47. The van der Waals surface area contributed by atoms with Gasteiger partial charge in [0.2, 0.25) is 5.43 Å². The summed E-state index contributed by atoms with van der Waals surface area (Å²) >= 11 is 9.79. The summed E-state index contributed by atoms with van der Waals surface area (Å²) in [4.78, 5) is 13.0. The fourth-order valence-corrected chi connectivity index (χ4v) is 4.48. The van der Waals surface area contributed by atoms with Gasteiger partial charge in [-0.05, 0) is 43.3 Å². The molecule has 2 N–H and O–H groups in total. The molecule has 0 amide bonds. The molecule has 4 nitrogen and oxygen atoms in total. The van der Waals surface area contributed by atoms with E-state index in [1.54, 1.807) is 6.07 Å². The van der Waals surface area contributed by atoms with Gasteiger partial charge in [-0.15, -0.1) is 0 Å². The lowest BCUT2D eigenvalue weighted by Gasteiger charge is -2.11. The van der Waals surface area contributed by atoms with Crippen LogP contribution in [0.4, 0.5) is 0 Å². The second-order valence-corrected chi connectivity index (χ2v) is 7.68. The molecule has 0 fully saturated rings. The van der Waals surface area contributed by atoms with E-state index in [1.165, 1.54) is 0 Å². The van der Waals surface area contributed by atoms with Crippen molar-refractivity contribution in [3.8, 4) is 11.5 Å². The normalized spacial score (nSPS) is 11.6. The summed E-state index contributed by atoms with van der Waals surface area (Å²) < 4.78 is 6.93. The van der Waals surface area contributed by atoms with Gasteiger partial charge < -0.3 is 14.6 Å². The molecule has 120 valence electrons. The first kappa shape index (κ1) is 15.9. The highest BCUT2D eigenvalue weighted by molar-refractivity contribution is 9.11. The maximum Gasteiger partial charge on any atom is 0.204 e. The Morgan fingerprint density at radius 3 is 2.21 bits per heavy atom. The number of rotatable bonds is 0. The van der Waals surface area contributed by atoms with Crippen LogP contribution in [-0.4, -0.2) is 10.2 Å². The van der Waals surface area contributed by atoms with Crippen molar-refractivity contribution >= 4 is 80.5 Å². The van der Waals surface area contributed by atoms with Crippen LogP contribution in [0.2, 0.25) is 0 Å². The van der Waals surface area contributed by atoms with E-state index < -0.39 is 0 Å². The van der Waals surface area contributed by atoms with Gasteiger partial charge in [0, 0.05) is 9.86 Å². The zero-order valence-corrected chi connectivity index (χ0v) is 16.5. The maximum absolute atomic E-state index is 13.0. The Morgan fingerprint density at radius 1 is 0.833 bits per heavy atom. The standard InChI is InChI=1S/C17H7Br3O4/c18-9-5-8-13(21)10-14(22)11(19)15(23)12(20)17(10)24-16(8)7-4-2-1-3-6(7)9/h1-5,22-23H. The van der Waals surface area contributed by atoms with Crippen molar-refractivity contribution in [2.45, 2.75) is 0 Å². The van der Waals surface area contributed by atoms with Crippen LogP contribution < -0.4 is 5.43 Å². The lowest BCUT2D eigenvalue weighted by Crippen LogP contribution is -2.04. The largest absolute Gasteiger partial charge is 0.506 e. The number of phenolic OH excluding ortho intramolecular Hbond substituents is 2. The van der Waals surface area contributed by atoms with Crippen LogP contribution in [0, 0.1) is 0 Å². The van der Waals surface area contributed by atoms with E-state index in [0.717, 1.165) is 15.2 Å². The number of fused-ring (bicyclic) bond motifs is 4. The first-order valence-corrected chi connectivity index (χ1v) is 9.16. The number of benzene rings is 3. The number of hydrogen-bond donors (Lipinski definition) is 2. The Labute approximate surface area is 160 Å². The van der Waals surface area contributed by atoms with Crippen molar-refractivity contribution < 1.29 is 14.6 Å². The first-order chi connectivity index (χ1) is 11.4. The zero-order valence-electron chi connectivity index (χ0n) is 11.7. The van der Waals surface area contributed by atoms with Crippen molar-refractivity contribution in [3.05, 3.63) is 54.0 Å². The van der Waals surface area contributed by atoms with Crippen molar-refractivity contribution in [1.82, 2.24) is 0 Å². The van der Waals surface area contributed by atoms with Crippen molar-refractivity contribution in [2.24, 2.45) is 0 Å². The fourth-order valence-electron chi connectivity index (χ4n) is 2.77. The van der Waals surface area contributed by atoms with Gasteiger partial charge in [0.25, 0.3) is 0 Å². The lowest BCUT2D eigenvalue weighted by molar-refractivity contribution is 0.444. The second-order valence-electron chi connectivity index (χ2n) is 5.24. The van der Waals surface area contributed by atoms with E-state index in [2.05, 4.69) is 47.8 Å². The lowest BCUT2D eigenvalue weighted by atomic mass is 10.0. The molecule has 0 aliphatic heterocycles. The molecule has 4 aromatic rings. The van der Waals surface area contributed by atoms with E-state index in [0.29, 0.717) is 11.0 Å². The monoisotopic (exact) mass is 512 g/mol. The van der Waals surface area contributed by atoms with Gasteiger partial charge >= 0.3 is 0 Å². The quantitative estimate of drug-likeness (QED) is 0.230. The highest BCUT2D eigenvalue weighted by atomic mass is 79.9. The molecule has 7 heteroatoms. The van der Waals surface area contributed by atoms with E-state index in [9.17, 15) is 15.0 Å². The smallest absolute Gasteiger partial charge is 0.204 e. The summed E-state index contributed by atoms with van der Waals surface area (Å²) in [7, 11) is 0. The minimum atomic E-state index is -0.378. The molecule has 4 rings (SSSR count). The third kappa shape index (κ3) is 2.04. The minimum absolute atomic E-state index is 0.00114. The van der Waals surface area contributed by atoms with E-state index >= 15 is 0 Å². The molecule has 0 radical (unpaired) electrons. The van der Waals surface area contributed by atoms with Crippen LogP contribution >= 0.6 is 47.8 Å². The Hall–Kier alpha value is -1.57. The fraction of sp³-hybridized carbons (Fsp3) is 0. The average molecular weight is 515 g/mol. The van der Waals surface area contributed by atoms with Crippen LogP contribution in [0.15, 0.2) is 53.0 Å². The number of phenols is 2. The molecule has 0 saturated heterocycles. The molecular weight excluding hydrogens is 508 g/mol. The number of halogens is 3. The van der Waals surface area contributed by atoms with Gasteiger partial charge in [0.15, 0.2) is 11.3 Å². The van der Waals surface area contributed by atoms with Gasteiger partial charge in [-0.3, -0.25) is 4.79 Å². The van der Waals surface area contributed by atoms with E-state index in [-0.39, 0.29) is 36.8 Å².